The number of benzene rings is 1. The summed E-state index contributed by atoms with van der Waals surface area (Å²) in [6, 6.07) is 2.59. The number of hydrogen-bond acceptors (Lipinski definition) is 5. The molecule has 1 saturated heterocycles. The van der Waals surface area contributed by atoms with E-state index in [9.17, 15) is 31.2 Å². The van der Waals surface area contributed by atoms with Gasteiger partial charge in [0, 0.05) is 13.1 Å². The summed E-state index contributed by atoms with van der Waals surface area (Å²) in [5.74, 6) is -1.25. The second kappa shape index (κ2) is 8.60. The van der Waals surface area contributed by atoms with Gasteiger partial charge in [-0.25, -0.2) is 8.42 Å². The Balaban J connectivity index is 2.26. The monoisotopic (exact) mass is 436 g/mol. The third-order valence-corrected chi connectivity index (χ3v) is 6.08. The van der Waals surface area contributed by atoms with Gasteiger partial charge in [-0.15, -0.1) is 0 Å². The van der Waals surface area contributed by atoms with Crippen LogP contribution in [0.5, 0.6) is 0 Å². The minimum absolute atomic E-state index is 0.225. The Hall–Kier alpha value is -2.30. The first kappa shape index (κ1) is 23.0. The topological polar surface area (TPSA) is 84.0 Å². The predicted octanol–water partition coefficient (Wildman–Crippen LogP) is 2.27. The molecule has 162 valence electrons. The molecule has 1 fully saturated rings. The number of amides is 1. The number of rotatable bonds is 5. The minimum atomic E-state index is -4.65. The lowest BCUT2D eigenvalue weighted by Gasteiger charge is -2.36. The van der Waals surface area contributed by atoms with Gasteiger partial charge in [-0.3, -0.25) is 13.9 Å². The number of hydrogen-bond donors (Lipinski definition) is 0. The van der Waals surface area contributed by atoms with Crippen molar-refractivity contribution in [1.82, 2.24) is 4.90 Å². The first-order valence-electron chi connectivity index (χ1n) is 8.89. The summed E-state index contributed by atoms with van der Waals surface area (Å²) < 4.78 is 69.1. The Morgan fingerprint density at radius 1 is 1.24 bits per heavy atom. The van der Waals surface area contributed by atoms with Crippen LogP contribution in [0.3, 0.4) is 0 Å². The lowest BCUT2D eigenvalue weighted by Crippen LogP contribution is -2.51. The van der Waals surface area contributed by atoms with Crippen molar-refractivity contribution in [3.8, 4) is 0 Å². The number of carbonyl (C=O) groups excluding carboxylic acids is 2. The number of sulfonamides is 1. The first-order chi connectivity index (χ1) is 13.4. The van der Waals surface area contributed by atoms with Gasteiger partial charge in [0.25, 0.3) is 0 Å². The first-order valence-corrected chi connectivity index (χ1v) is 10.7. The van der Waals surface area contributed by atoms with E-state index in [0.717, 1.165) is 18.4 Å². The van der Waals surface area contributed by atoms with Crippen molar-refractivity contribution < 1.29 is 35.9 Å². The highest BCUT2D eigenvalue weighted by Gasteiger charge is 2.36. The third kappa shape index (κ3) is 5.40. The van der Waals surface area contributed by atoms with E-state index in [1.54, 1.807) is 0 Å². The van der Waals surface area contributed by atoms with Gasteiger partial charge in [-0.2, -0.15) is 13.2 Å². The van der Waals surface area contributed by atoms with Crippen LogP contribution in [0.15, 0.2) is 24.3 Å². The van der Waals surface area contributed by atoms with Crippen LogP contribution in [0.25, 0.3) is 0 Å². The average molecular weight is 436 g/mol. The molecule has 0 radical (unpaired) electrons. The van der Waals surface area contributed by atoms with Gasteiger partial charge >= 0.3 is 12.1 Å². The maximum atomic E-state index is 13.0. The van der Waals surface area contributed by atoms with E-state index in [-0.39, 0.29) is 30.7 Å². The normalized spacial score (nSPS) is 17.0. The van der Waals surface area contributed by atoms with Crippen molar-refractivity contribution in [2.45, 2.75) is 32.0 Å². The van der Waals surface area contributed by atoms with Crippen molar-refractivity contribution in [2.24, 2.45) is 5.92 Å². The van der Waals surface area contributed by atoms with Crippen molar-refractivity contribution in [1.29, 1.82) is 0 Å². The lowest BCUT2D eigenvalue weighted by atomic mass is 9.96. The van der Waals surface area contributed by atoms with Crippen LogP contribution >= 0.6 is 0 Å². The molecule has 1 atom stereocenters. The van der Waals surface area contributed by atoms with E-state index in [0.29, 0.717) is 23.2 Å². The van der Waals surface area contributed by atoms with Crippen LogP contribution in [0.4, 0.5) is 18.9 Å². The Morgan fingerprint density at radius 3 is 2.31 bits per heavy atom. The van der Waals surface area contributed by atoms with Crippen LogP contribution in [-0.2, 0) is 30.5 Å². The molecule has 0 aromatic heterocycles. The highest BCUT2D eigenvalue weighted by atomic mass is 32.2. The highest BCUT2D eigenvalue weighted by Crippen LogP contribution is 2.33. The fourth-order valence-electron chi connectivity index (χ4n) is 3.39. The molecule has 0 spiro atoms. The molecule has 11 heteroatoms. The molecule has 0 aliphatic carbocycles. The molecule has 1 amide bonds. The largest absolute Gasteiger partial charge is 0.469 e. The number of nitrogens with zero attached hydrogens (tertiary/aromatic N) is 2. The molecular formula is C18H23F3N2O5S. The van der Waals surface area contributed by atoms with Crippen LogP contribution in [-0.4, -0.2) is 57.7 Å². The smallest absolute Gasteiger partial charge is 0.416 e. The number of methoxy groups -OCH3 is 1. The maximum absolute atomic E-state index is 13.0. The quantitative estimate of drug-likeness (QED) is 0.662. The highest BCUT2D eigenvalue weighted by molar-refractivity contribution is 7.92. The zero-order valence-electron chi connectivity index (χ0n) is 16.3. The van der Waals surface area contributed by atoms with Crippen LogP contribution in [0, 0.1) is 5.92 Å². The third-order valence-electron chi connectivity index (χ3n) is 4.84. The number of piperidine rings is 1. The molecule has 0 saturated carbocycles. The van der Waals surface area contributed by atoms with Gasteiger partial charge in [0.05, 0.1) is 30.5 Å². The lowest BCUT2D eigenvalue weighted by molar-refractivity contribution is -0.149. The van der Waals surface area contributed by atoms with E-state index >= 15 is 0 Å². The van der Waals surface area contributed by atoms with Crippen LogP contribution < -0.4 is 4.31 Å². The van der Waals surface area contributed by atoms with Gasteiger partial charge in [-0.1, -0.05) is 6.07 Å². The Morgan fingerprint density at radius 2 is 1.83 bits per heavy atom. The van der Waals surface area contributed by atoms with Gasteiger partial charge in [-0.05, 0) is 38.0 Å². The second-order valence-electron chi connectivity index (χ2n) is 6.91. The second-order valence-corrected chi connectivity index (χ2v) is 8.77. The Kier molecular flexibility index (Phi) is 6.82. The Labute approximate surface area is 167 Å². The molecule has 1 aromatic rings. The van der Waals surface area contributed by atoms with Crippen molar-refractivity contribution in [3.05, 3.63) is 29.8 Å². The van der Waals surface area contributed by atoms with E-state index in [4.69, 9.17) is 4.74 Å². The summed E-state index contributed by atoms with van der Waals surface area (Å²) in [5.41, 5.74) is -1.25. The fraction of sp³-hybridized carbons (Fsp3) is 0.556. The molecule has 29 heavy (non-hydrogen) atoms. The average Bonchev–Trinajstić information content (AvgIpc) is 2.65. The van der Waals surface area contributed by atoms with Crippen LogP contribution in [0.1, 0.15) is 25.3 Å². The van der Waals surface area contributed by atoms with Crippen molar-refractivity contribution >= 4 is 27.6 Å². The number of halogens is 3. The van der Waals surface area contributed by atoms with E-state index in [1.807, 2.05) is 0 Å². The molecule has 1 aromatic carbocycles. The molecule has 1 aliphatic rings. The summed E-state index contributed by atoms with van der Waals surface area (Å²) in [5, 5.41) is 0. The zero-order chi connectivity index (χ0) is 22.0. The summed E-state index contributed by atoms with van der Waals surface area (Å²) in [7, 11) is -2.77. The van der Waals surface area contributed by atoms with Crippen molar-refractivity contribution in [2.75, 3.05) is 30.8 Å². The van der Waals surface area contributed by atoms with Gasteiger partial charge in [0.1, 0.15) is 6.04 Å². The van der Waals surface area contributed by atoms with E-state index in [2.05, 4.69) is 0 Å². The summed E-state index contributed by atoms with van der Waals surface area (Å²) in [6.45, 7) is 1.78. The SMILES string of the molecule is COC(=O)C1CCN(C(=O)C(C)N(c2cccc(C(F)(F)F)c2)S(C)(=O)=O)CC1. The molecule has 1 heterocycles. The molecule has 1 aliphatic heterocycles. The standard InChI is InChI=1S/C18H23F3N2O5S/c1-12(16(24)22-9-7-13(8-10-22)17(25)28-2)23(29(3,26)27)15-6-4-5-14(11-15)18(19,20)21/h4-6,11-13H,7-10H2,1-3H3. The zero-order valence-corrected chi connectivity index (χ0v) is 17.1. The van der Waals surface area contributed by atoms with Gasteiger partial charge < -0.3 is 9.64 Å². The van der Waals surface area contributed by atoms with E-state index < -0.39 is 33.7 Å². The number of anilines is 1. The molecule has 0 N–H and O–H groups in total. The summed E-state index contributed by atoms with van der Waals surface area (Å²) in [6.07, 6.45) is -3.08. The number of likely N-dealkylation sites (tertiary alicyclic amines) is 1. The number of alkyl halides is 3. The fourth-order valence-corrected chi connectivity index (χ4v) is 4.55. The molecular weight excluding hydrogens is 413 g/mol. The molecule has 2 rings (SSSR count). The molecule has 1 unspecified atom stereocenters. The van der Waals surface area contributed by atoms with Crippen LogP contribution in [0.2, 0.25) is 0 Å². The summed E-state index contributed by atoms with van der Waals surface area (Å²) >= 11 is 0. The van der Waals surface area contributed by atoms with Gasteiger partial charge in [0.2, 0.25) is 15.9 Å². The number of carbonyl (C=O) groups is 2. The summed E-state index contributed by atoms with van der Waals surface area (Å²) in [4.78, 5) is 25.9. The van der Waals surface area contributed by atoms with Gasteiger partial charge in [0.15, 0.2) is 0 Å². The minimum Gasteiger partial charge on any atom is -0.469 e. The predicted molar refractivity (Wildman–Crippen MR) is 99.5 cm³/mol. The van der Waals surface area contributed by atoms with E-state index in [1.165, 1.54) is 25.0 Å². The van der Waals surface area contributed by atoms with Crippen molar-refractivity contribution in [3.63, 3.8) is 0 Å². The number of esters is 1. The maximum Gasteiger partial charge on any atom is 0.416 e. The molecule has 7 nitrogen and oxygen atoms in total. The Bertz CT molecular complexity index is 864. The molecule has 0 bridgehead atoms. The number of ether oxygens (including phenoxy) is 1.